The van der Waals surface area contributed by atoms with Gasteiger partial charge in [-0.15, -0.1) is 0 Å². The van der Waals surface area contributed by atoms with E-state index in [1.54, 1.807) is 90.8 Å². The molecule has 0 saturated carbocycles. The zero-order chi connectivity index (χ0) is 70.8. The molecule has 0 spiro atoms. The fourth-order valence-corrected chi connectivity index (χ4v) is 11.6. The van der Waals surface area contributed by atoms with Crippen molar-refractivity contribution in [2.75, 3.05) is 47.9 Å². The van der Waals surface area contributed by atoms with Crippen molar-refractivity contribution in [1.29, 1.82) is 0 Å². The van der Waals surface area contributed by atoms with Gasteiger partial charge < -0.3 is 39.4 Å². The summed E-state index contributed by atoms with van der Waals surface area (Å²) in [5.74, 6) is -5.14. The first-order valence-electron chi connectivity index (χ1n) is 31.3. The van der Waals surface area contributed by atoms with Crippen LogP contribution in [0, 0.1) is 78.9 Å². The van der Waals surface area contributed by atoms with Gasteiger partial charge in [0.1, 0.15) is 23.7 Å². The largest absolute Gasteiger partial charge is 0.481 e. The van der Waals surface area contributed by atoms with Crippen molar-refractivity contribution in [1.82, 2.24) is 29.6 Å². The van der Waals surface area contributed by atoms with Crippen molar-refractivity contribution in [3.05, 3.63) is 183 Å². The normalized spacial score (nSPS) is 13.2. The molecular weight excluding hydrogens is 1230 g/mol. The van der Waals surface area contributed by atoms with Gasteiger partial charge in [0.05, 0.1) is 42.7 Å². The summed E-state index contributed by atoms with van der Waals surface area (Å²) in [6.07, 6.45) is -8.33. The minimum absolute atomic E-state index is 0.0152. The van der Waals surface area contributed by atoms with Gasteiger partial charge in [-0.3, -0.25) is 28.8 Å². The van der Waals surface area contributed by atoms with Crippen LogP contribution in [0.1, 0.15) is 162 Å². The van der Waals surface area contributed by atoms with Gasteiger partial charge in [-0.2, -0.15) is 26.3 Å². The van der Waals surface area contributed by atoms with E-state index in [-0.39, 0.29) is 85.0 Å². The van der Waals surface area contributed by atoms with Crippen LogP contribution < -0.4 is 21.8 Å². The third-order valence-corrected chi connectivity index (χ3v) is 16.7. The van der Waals surface area contributed by atoms with E-state index in [0.29, 0.717) is 28.8 Å². The number of nitrogens with zero attached hydrogens (tertiary/aromatic N) is 4. The molecule has 0 aliphatic rings. The third kappa shape index (κ3) is 19.8. The molecular formula is C72H90F8N6O8. The Morgan fingerprint density at radius 2 is 0.894 bits per heavy atom. The number of amides is 2. The van der Waals surface area contributed by atoms with Crippen molar-refractivity contribution in [3.8, 4) is 22.3 Å². The van der Waals surface area contributed by atoms with Crippen molar-refractivity contribution in [3.63, 3.8) is 0 Å². The van der Waals surface area contributed by atoms with E-state index in [1.807, 2.05) is 79.7 Å². The van der Waals surface area contributed by atoms with Crippen LogP contribution in [0.25, 0.3) is 22.3 Å². The summed E-state index contributed by atoms with van der Waals surface area (Å²) in [4.78, 5) is 82.7. The number of carbonyl (C=O) groups is 4. The molecule has 0 fully saturated rings. The Balaban J connectivity index is 0.000000341. The lowest BCUT2D eigenvalue weighted by molar-refractivity contribution is -0.144. The molecule has 0 aliphatic carbocycles. The van der Waals surface area contributed by atoms with E-state index >= 15 is 8.78 Å². The lowest BCUT2D eigenvalue weighted by Gasteiger charge is -2.27. The molecule has 2 aromatic heterocycles. The number of rotatable bonds is 25. The number of alkyl halides is 6. The molecule has 22 heteroatoms. The molecule has 0 saturated heterocycles. The van der Waals surface area contributed by atoms with Gasteiger partial charge in [-0.05, 0) is 230 Å². The van der Waals surface area contributed by atoms with Crippen LogP contribution in [0.5, 0.6) is 0 Å². The molecule has 0 aliphatic heterocycles. The number of carboxylic acid groups (broad SMARTS) is 1. The average Bonchev–Trinajstić information content (AvgIpc) is 0.801. The summed E-state index contributed by atoms with van der Waals surface area (Å²) in [5, 5.41) is 15.2. The smallest absolute Gasteiger partial charge is 0.416 e. The minimum atomic E-state index is -4.78. The molecule has 4 aromatic carbocycles. The summed E-state index contributed by atoms with van der Waals surface area (Å²) < 4.78 is 123. The van der Waals surface area contributed by atoms with Crippen LogP contribution in [0.4, 0.5) is 35.1 Å². The molecule has 6 rings (SSSR count). The molecule has 0 radical (unpaired) electrons. The number of aromatic nitrogens is 2. The van der Waals surface area contributed by atoms with Crippen LogP contribution in [-0.4, -0.2) is 95.7 Å². The van der Waals surface area contributed by atoms with Gasteiger partial charge in [-0.1, -0.05) is 52.0 Å². The second kappa shape index (κ2) is 32.4. The second-order valence-corrected chi connectivity index (χ2v) is 25.8. The number of esters is 1. The van der Waals surface area contributed by atoms with E-state index < -0.39 is 107 Å². The SMILES string of the molecule is CCOC(=O)C[C@H](NC(=O)C(CC(C)C)n1cc(CCN(C)C)c(C(F)(F)F)cc1=O)c1cc(-c2c(C)ccc(C)c2C)cc(C)c1F.Cc1ccc(C)c(-c2cc(C)c(F)c([C@H](CC(=O)O)NC(=O)C(CC(C)C)n3cc(CCN(C)C)c(C(F)(F)F)cc3=O)c2)c1C. The first kappa shape index (κ1) is 76.7. The number of aliphatic carboxylic acids is 1. The predicted molar refractivity (Wildman–Crippen MR) is 350 cm³/mol. The monoisotopic (exact) mass is 1320 g/mol. The van der Waals surface area contributed by atoms with Crippen LogP contribution in [0.3, 0.4) is 0 Å². The Hall–Kier alpha value is -7.98. The third-order valence-electron chi connectivity index (χ3n) is 16.7. The zero-order valence-corrected chi connectivity index (χ0v) is 56.9. The zero-order valence-electron chi connectivity index (χ0n) is 56.9. The number of likely N-dealkylation sites (N-methyl/N-ethyl adjacent to an activating group) is 2. The maximum Gasteiger partial charge on any atom is 0.416 e. The van der Waals surface area contributed by atoms with E-state index in [4.69, 9.17) is 4.74 Å². The Morgan fingerprint density at radius 1 is 0.543 bits per heavy atom. The molecule has 14 nitrogen and oxygen atoms in total. The van der Waals surface area contributed by atoms with Crippen molar-refractivity contribution < 1.29 is 64.1 Å². The number of benzene rings is 4. The fraction of sp³-hybridized carbons (Fsp3) is 0.472. The Morgan fingerprint density at radius 3 is 1.21 bits per heavy atom. The molecule has 0 bridgehead atoms. The summed E-state index contributed by atoms with van der Waals surface area (Å²) in [6.45, 7) is 24.3. The molecule has 512 valence electrons. The van der Waals surface area contributed by atoms with E-state index in [9.17, 15) is 60.2 Å². The molecule has 2 unspecified atom stereocenters. The number of aryl methyl sites for hydroxylation is 6. The average molecular weight is 1320 g/mol. The van der Waals surface area contributed by atoms with E-state index in [2.05, 4.69) is 10.6 Å². The summed E-state index contributed by atoms with van der Waals surface area (Å²) in [5.41, 5.74) is 5.20. The molecule has 6 aromatic rings. The lowest BCUT2D eigenvalue weighted by Crippen LogP contribution is -2.41. The number of hydrogen-bond acceptors (Lipinski definition) is 9. The highest BCUT2D eigenvalue weighted by molar-refractivity contribution is 5.83. The van der Waals surface area contributed by atoms with Gasteiger partial charge >= 0.3 is 24.3 Å². The number of halogens is 8. The Kier molecular flexibility index (Phi) is 26.5. The minimum Gasteiger partial charge on any atom is -0.481 e. The number of hydrogen-bond donors (Lipinski definition) is 3. The van der Waals surface area contributed by atoms with E-state index in [1.165, 1.54) is 6.07 Å². The highest BCUT2D eigenvalue weighted by Crippen LogP contribution is 2.39. The van der Waals surface area contributed by atoms with Crippen LogP contribution in [-0.2, 0) is 49.1 Å². The molecule has 4 atom stereocenters. The first-order chi connectivity index (χ1) is 43.7. The Labute approximate surface area is 545 Å². The van der Waals surface area contributed by atoms with Crippen LogP contribution in [0.15, 0.2) is 82.6 Å². The standard InChI is InChI=1S/C37H47F4N3O4.C35H43F4N3O4/c1-10-48-33(46)19-30(28-17-27(16-24(6)35(28)38)34-23(5)12-11-22(4)25(34)7)42-36(47)31(15-21(2)3)44-20-26(13-14-43(8)9)29(18-32(44)45)37(39,40)41;1-19(2)13-29(42-18-24(11-12-41(7)8)27(16-30(42)43)35(37,38)39)34(46)40-28(17-31(44)45)26-15-25(14-22(5)33(26)36)32-21(4)10-9-20(3)23(32)6/h11-12,16-18,20-21,30-31H,10,13-15,19H2,1-9H3,(H,42,47);9-10,14-16,18-19,28-29H,11-13,17H2,1-8H3,(H,40,46)(H,44,45)/t30-,31?;28-,29?/m00/s1. The fourth-order valence-electron chi connectivity index (χ4n) is 11.6. The summed E-state index contributed by atoms with van der Waals surface area (Å²) in [6, 6.07) is 10.4. The first-order valence-corrected chi connectivity index (χ1v) is 31.3. The summed E-state index contributed by atoms with van der Waals surface area (Å²) in [7, 11) is 6.86. The number of carbonyl (C=O) groups excluding carboxylic acids is 3. The van der Waals surface area contributed by atoms with Gasteiger partial charge in [0.15, 0.2) is 0 Å². The lowest BCUT2D eigenvalue weighted by atomic mass is 9.89. The maximum atomic E-state index is 16.0. The number of nitrogens with one attached hydrogen (secondary N) is 2. The molecule has 94 heavy (non-hydrogen) atoms. The number of carboxylic acids is 1. The molecule has 2 heterocycles. The van der Waals surface area contributed by atoms with Gasteiger partial charge in [0.25, 0.3) is 11.1 Å². The molecule has 2 amide bonds. The topological polar surface area (TPSA) is 172 Å². The van der Waals surface area contributed by atoms with Gasteiger partial charge in [-0.25, -0.2) is 8.78 Å². The van der Waals surface area contributed by atoms with E-state index in [0.717, 1.165) is 66.0 Å². The number of pyridine rings is 2. The maximum absolute atomic E-state index is 16.0. The van der Waals surface area contributed by atoms with Crippen molar-refractivity contribution in [2.24, 2.45) is 11.8 Å². The van der Waals surface area contributed by atoms with Crippen molar-refractivity contribution in [2.45, 2.75) is 165 Å². The highest BCUT2D eigenvalue weighted by Gasteiger charge is 2.38. The highest BCUT2D eigenvalue weighted by atomic mass is 19.4. The second-order valence-electron chi connectivity index (χ2n) is 25.8. The van der Waals surface area contributed by atoms with Gasteiger partial charge in [0.2, 0.25) is 11.8 Å². The molecule has 3 N–H and O–H groups in total. The van der Waals surface area contributed by atoms with Crippen LogP contribution in [0.2, 0.25) is 0 Å². The van der Waals surface area contributed by atoms with Crippen LogP contribution >= 0.6 is 0 Å². The number of ether oxygens (including phenoxy) is 1. The quantitative estimate of drug-likeness (QED) is 0.0370. The Bertz CT molecular complexity index is 3850. The van der Waals surface area contributed by atoms with Crippen molar-refractivity contribution >= 4 is 23.8 Å². The predicted octanol–water partition coefficient (Wildman–Crippen LogP) is 14.3. The van der Waals surface area contributed by atoms with Gasteiger partial charge in [0, 0.05) is 48.7 Å². The summed E-state index contributed by atoms with van der Waals surface area (Å²) >= 11 is 0.